The molecule has 1 aliphatic rings. The van der Waals surface area contributed by atoms with Crippen molar-refractivity contribution >= 4 is 5.97 Å². The van der Waals surface area contributed by atoms with Gasteiger partial charge in [-0.25, -0.2) is 4.79 Å². The highest BCUT2D eigenvalue weighted by Crippen LogP contribution is 2.29. The third-order valence-electron chi connectivity index (χ3n) is 5.23. The monoisotopic (exact) mass is 420 g/mol. The van der Waals surface area contributed by atoms with Crippen molar-refractivity contribution in [2.75, 3.05) is 13.7 Å². The van der Waals surface area contributed by atoms with Crippen molar-refractivity contribution in [1.82, 2.24) is 15.5 Å². The van der Waals surface area contributed by atoms with E-state index in [0.717, 1.165) is 16.7 Å². The summed E-state index contributed by atoms with van der Waals surface area (Å²) in [5.41, 5.74) is 4.37. The second-order valence-corrected chi connectivity index (χ2v) is 7.09. The Bertz CT molecular complexity index is 1180. The molecular weight excluding hydrogens is 400 g/mol. The zero-order valence-electron chi connectivity index (χ0n) is 17.0. The summed E-state index contributed by atoms with van der Waals surface area (Å²) in [4.78, 5) is 15.9. The number of hydrogen-bond donors (Lipinski definition) is 2. The van der Waals surface area contributed by atoms with Crippen molar-refractivity contribution in [3.63, 3.8) is 0 Å². The zero-order chi connectivity index (χ0) is 22.0. The van der Waals surface area contributed by atoms with Crippen LogP contribution < -0.4 is 10.1 Å². The molecule has 3 heterocycles. The molecule has 1 aliphatic heterocycles. The van der Waals surface area contributed by atoms with Crippen LogP contribution >= 0.6 is 0 Å². The van der Waals surface area contributed by atoms with Crippen LogP contribution in [0.5, 0.6) is 5.75 Å². The number of nitrogens with zero attached hydrogens (tertiary/aromatic N) is 3. The average Bonchev–Trinajstić information content (AvgIpc) is 3.41. The molecule has 3 aromatic rings. The molecule has 0 aliphatic carbocycles. The van der Waals surface area contributed by atoms with Crippen molar-refractivity contribution in [2.24, 2.45) is 0 Å². The number of aromatic nitrogens is 2. The van der Waals surface area contributed by atoms with E-state index < -0.39 is 6.10 Å². The van der Waals surface area contributed by atoms with Crippen LogP contribution in [0.4, 0.5) is 0 Å². The van der Waals surface area contributed by atoms with Gasteiger partial charge in [0.25, 0.3) is 0 Å². The minimum atomic E-state index is -0.757. The van der Waals surface area contributed by atoms with Gasteiger partial charge in [-0.1, -0.05) is 11.2 Å². The first-order chi connectivity index (χ1) is 15.0. The van der Waals surface area contributed by atoms with Crippen LogP contribution in [0.1, 0.15) is 44.5 Å². The lowest BCUT2D eigenvalue weighted by Gasteiger charge is -2.15. The number of pyridine rings is 1. The Morgan fingerprint density at radius 3 is 2.97 bits per heavy atom. The lowest BCUT2D eigenvalue weighted by molar-refractivity contribution is 0.0535. The number of hydrogen-bond acceptors (Lipinski definition) is 9. The van der Waals surface area contributed by atoms with Gasteiger partial charge in [0.1, 0.15) is 29.7 Å². The maximum atomic E-state index is 11.7. The summed E-state index contributed by atoms with van der Waals surface area (Å²) in [6, 6.07) is 8.82. The SMILES string of the molecule is COc1cc(-c2cc(CNC[C@H](O)c3ccc4c(c3C)COC4=O)on2)ncc1C#N. The highest BCUT2D eigenvalue weighted by atomic mass is 16.5. The number of carbonyl (C=O) groups is 1. The summed E-state index contributed by atoms with van der Waals surface area (Å²) < 4.78 is 15.6. The smallest absolute Gasteiger partial charge is 0.338 e. The third-order valence-corrected chi connectivity index (χ3v) is 5.23. The standard InChI is InChI=1S/C22H20N4O5/c1-12-15(3-4-16-17(12)11-30-22(16)28)20(27)10-24-9-14-5-19(26-31-14)18-6-21(29-2)13(7-23)8-25-18/h3-6,8,20,24,27H,9-11H2,1-2H3/t20-/m0/s1. The van der Waals surface area contributed by atoms with Gasteiger partial charge >= 0.3 is 5.97 Å². The van der Waals surface area contributed by atoms with Crippen LogP contribution in [0.3, 0.4) is 0 Å². The van der Waals surface area contributed by atoms with Crippen molar-refractivity contribution in [2.45, 2.75) is 26.2 Å². The van der Waals surface area contributed by atoms with Gasteiger partial charge < -0.3 is 24.4 Å². The highest BCUT2D eigenvalue weighted by molar-refractivity contribution is 5.93. The molecule has 0 bridgehead atoms. The maximum absolute atomic E-state index is 11.7. The Labute approximate surface area is 178 Å². The Hall–Kier alpha value is -3.74. The highest BCUT2D eigenvalue weighted by Gasteiger charge is 2.25. The Morgan fingerprint density at radius 1 is 1.35 bits per heavy atom. The van der Waals surface area contributed by atoms with E-state index in [0.29, 0.717) is 40.6 Å². The summed E-state index contributed by atoms with van der Waals surface area (Å²) in [6.45, 7) is 2.75. The molecule has 158 valence electrons. The first kappa shape index (κ1) is 20.5. The van der Waals surface area contributed by atoms with Crippen molar-refractivity contribution in [3.05, 3.63) is 64.0 Å². The quantitative estimate of drug-likeness (QED) is 0.553. The normalized spacial score (nSPS) is 13.4. The van der Waals surface area contributed by atoms with Crippen LogP contribution in [0.15, 0.2) is 35.0 Å². The lowest BCUT2D eigenvalue weighted by Crippen LogP contribution is -2.21. The van der Waals surface area contributed by atoms with E-state index in [1.807, 2.05) is 13.0 Å². The van der Waals surface area contributed by atoms with E-state index in [1.54, 1.807) is 24.3 Å². The number of ether oxygens (including phenoxy) is 2. The molecule has 4 rings (SSSR count). The van der Waals surface area contributed by atoms with E-state index >= 15 is 0 Å². The largest absolute Gasteiger partial charge is 0.495 e. The number of nitriles is 1. The molecule has 0 fully saturated rings. The van der Waals surface area contributed by atoms with Crippen LogP contribution in [0.25, 0.3) is 11.4 Å². The predicted molar refractivity (Wildman–Crippen MR) is 108 cm³/mol. The molecule has 0 spiro atoms. The van der Waals surface area contributed by atoms with Crippen LogP contribution in [-0.4, -0.2) is 34.9 Å². The maximum Gasteiger partial charge on any atom is 0.338 e. The van der Waals surface area contributed by atoms with E-state index in [1.165, 1.54) is 13.3 Å². The Kier molecular flexibility index (Phi) is 5.66. The number of benzene rings is 1. The van der Waals surface area contributed by atoms with Gasteiger partial charge in [0, 0.05) is 30.4 Å². The third kappa shape index (κ3) is 3.99. The average molecular weight is 420 g/mol. The lowest BCUT2D eigenvalue weighted by atomic mass is 9.95. The van der Waals surface area contributed by atoms with E-state index in [-0.39, 0.29) is 19.1 Å². The first-order valence-corrected chi connectivity index (χ1v) is 9.60. The topological polar surface area (TPSA) is 130 Å². The van der Waals surface area contributed by atoms with Crippen LogP contribution in [0, 0.1) is 18.3 Å². The van der Waals surface area contributed by atoms with Crippen LogP contribution in [-0.2, 0) is 17.9 Å². The predicted octanol–water partition coefficient (Wildman–Crippen LogP) is 2.42. The second kappa shape index (κ2) is 8.55. The number of aliphatic hydroxyl groups is 1. The van der Waals surface area contributed by atoms with Crippen LogP contribution in [0.2, 0.25) is 0 Å². The molecule has 0 amide bonds. The molecule has 1 aromatic carbocycles. The number of aliphatic hydroxyl groups excluding tert-OH is 1. The van der Waals surface area contributed by atoms with Crippen molar-refractivity contribution in [3.8, 4) is 23.2 Å². The van der Waals surface area contributed by atoms with Gasteiger partial charge in [0.2, 0.25) is 0 Å². The number of esters is 1. The van der Waals surface area contributed by atoms with Gasteiger partial charge in [-0.05, 0) is 24.1 Å². The van der Waals surface area contributed by atoms with Crippen molar-refractivity contribution in [1.29, 1.82) is 5.26 Å². The summed E-state index contributed by atoms with van der Waals surface area (Å²) in [6.07, 6.45) is 0.669. The molecule has 9 nitrogen and oxygen atoms in total. The molecule has 1 atom stereocenters. The fourth-order valence-corrected chi connectivity index (χ4v) is 3.52. The summed E-state index contributed by atoms with van der Waals surface area (Å²) in [7, 11) is 1.48. The fraction of sp³-hybridized carbons (Fsp3) is 0.273. The molecule has 0 saturated carbocycles. The van der Waals surface area contributed by atoms with Gasteiger partial charge in [0.15, 0.2) is 5.76 Å². The summed E-state index contributed by atoms with van der Waals surface area (Å²) in [5, 5.41) is 26.8. The van der Waals surface area contributed by atoms with E-state index in [9.17, 15) is 9.90 Å². The Morgan fingerprint density at radius 2 is 2.19 bits per heavy atom. The number of methoxy groups -OCH3 is 1. The molecule has 2 aromatic heterocycles. The molecule has 31 heavy (non-hydrogen) atoms. The van der Waals surface area contributed by atoms with E-state index in [4.69, 9.17) is 19.3 Å². The zero-order valence-corrected chi connectivity index (χ0v) is 17.0. The number of nitrogens with one attached hydrogen (secondary N) is 1. The first-order valence-electron chi connectivity index (χ1n) is 9.60. The van der Waals surface area contributed by atoms with Gasteiger partial charge in [-0.15, -0.1) is 0 Å². The number of fused-ring (bicyclic) bond motifs is 1. The fourth-order valence-electron chi connectivity index (χ4n) is 3.52. The molecule has 2 N–H and O–H groups in total. The van der Waals surface area contributed by atoms with Crippen molar-refractivity contribution < 1.29 is 23.9 Å². The Balaban J connectivity index is 1.39. The number of carbonyl (C=O) groups excluding carboxylic acids is 1. The molecule has 9 heteroatoms. The molecule has 0 unspecified atom stereocenters. The molecule has 0 radical (unpaired) electrons. The van der Waals surface area contributed by atoms with Gasteiger partial charge in [-0.2, -0.15) is 5.26 Å². The number of cyclic esters (lactones) is 1. The second-order valence-electron chi connectivity index (χ2n) is 7.09. The van der Waals surface area contributed by atoms with Gasteiger partial charge in [0.05, 0.1) is 31.0 Å². The molecular formula is C22H20N4O5. The minimum Gasteiger partial charge on any atom is -0.495 e. The summed E-state index contributed by atoms with van der Waals surface area (Å²) >= 11 is 0. The number of rotatable bonds is 7. The summed E-state index contributed by atoms with van der Waals surface area (Å²) in [5.74, 6) is 0.653. The minimum absolute atomic E-state index is 0.239. The van der Waals surface area contributed by atoms with E-state index in [2.05, 4.69) is 15.5 Å². The molecule has 0 saturated heterocycles. The van der Waals surface area contributed by atoms with Gasteiger partial charge in [-0.3, -0.25) is 4.98 Å².